The van der Waals surface area contributed by atoms with Crippen molar-refractivity contribution in [3.05, 3.63) is 57.9 Å². The largest absolute Gasteiger partial charge is 0.329 e. The molecule has 2 aromatic rings. The summed E-state index contributed by atoms with van der Waals surface area (Å²) in [6.07, 6.45) is 3.47. The van der Waals surface area contributed by atoms with E-state index in [1.54, 1.807) is 18.5 Å². The van der Waals surface area contributed by atoms with E-state index in [1.807, 2.05) is 11.5 Å². The molecule has 0 aliphatic heterocycles. The molecule has 1 N–H and O–H groups in total. The molecule has 1 aromatic heterocycles. The summed E-state index contributed by atoms with van der Waals surface area (Å²) in [5, 5.41) is 13.7. The number of rotatable bonds is 6. The van der Waals surface area contributed by atoms with E-state index in [0.717, 1.165) is 12.4 Å². The summed E-state index contributed by atoms with van der Waals surface area (Å²) in [7, 11) is 0. The van der Waals surface area contributed by atoms with Gasteiger partial charge < -0.3 is 9.88 Å². The Labute approximate surface area is 115 Å². The molecule has 0 radical (unpaired) electrons. The van der Waals surface area contributed by atoms with Gasteiger partial charge in [-0.1, -0.05) is 13.0 Å². The van der Waals surface area contributed by atoms with Gasteiger partial charge in [0.2, 0.25) is 5.82 Å². The number of nitrogens with one attached hydrogen (secondary N) is 1. The molecular formula is C13H15FN4O2. The molecule has 20 heavy (non-hydrogen) atoms. The van der Waals surface area contributed by atoms with Crippen LogP contribution in [0.1, 0.15) is 18.3 Å². The van der Waals surface area contributed by atoms with E-state index in [2.05, 4.69) is 10.3 Å². The Morgan fingerprint density at radius 3 is 2.95 bits per heavy atom. The molecule has 0 unspecified atom stereocenters. The molecule has 0 bridgehead atoms. The molecule has 0 amide bonds. The van der Waals surface area contributed by atoms with Gasteiger partial charge in [0, 0.05) is 25.0 Å². The first-order valence-electron chi connectivity index (χ1n) is 6.25. The molecule has 0 aliphatic carbocycles. The Kier molecular flexibility index (Phi) is 4.41. The van der Waals surface area contributed by atoms with Gasteiger partial charge in [0.1, 0.15) is 5.82 Å². The van der Waals surface area contributed by atoms with Crippen LogP contribution in [0.3, 0.4) is 0 Å². The van der Waals surface area contributed by atoms with Crippen LogP contribution >= 0.6 is 0 Å². The van der Waals surface area contributed by atoms with E-state index >= 15 is 0 Å². The molecule has 6 nitrogen and oxygen atoms in total. The van der Waals surface area contributed by atoms with Crippen LogP contribution in [-0.2, 0) is 13.1 Å². The molecule has 0 saturated heterocycles. The van der Waals surface area contributed by atoms with Crippen molar-refractivity contribution in [2.45, 2.75) is 20.0 Å². The van der Waals surface area contributed by atoms with Crippen molar-refractivity contribution >= 4 is 5.69 Å². The van der Waals surface area contributed by atoms with Gasteiger partial charge in [0.25, 0.3) is 0 Å². The van der Waals surface area contributed by atoms with Crippen LogP contribution in [-0.4, -0.2) is 21.0 Å². The molecule has 0 atom stereocenters. The summed E-state index contributed by atoms with van der Waals surface area (Å²) in [4.78, 5) is 14.1. The minimum Gasteiger partial charge on any atom is -0.329 e. The summed E-state index contributed by atoms with van der Waals surface area (Å²) in [6, 6.07) is 3.93. The van der Waals surface area contributed by atoms with Gasteiger partial charge in [0.15, 0.2) is 0 Å². The van der Waals surface area contributed by atoms with E-state index in [-0.39, 0.29) is 0 Å². The monoisotopic (exact) mass is 278 g/mol. The third-order valence-corrected chi connectivity index (χ3v) is 2.90. The number of imidazole rings is 1. The Balaban J connectivity index is 2.16. The van der Waals surface area contributed by atoms with E-state index in [0.29, 0.717) is 18.7 Å². The first-order valence-corrected chi connectivity index (χ1v) is 6.25. The van der Waals surface area contributed by atoms with Gasteiger partial charge in [-0.15, -0.1) is 0 Å². The Morgan fingerprint density at radius 1 is 1.50 bits per heavy atom. The highest BCUT2D eigenvalue weighted by Crippen LogP contribution is 2.18. The molecule has 106 valence electrons. The molecule has 0 saturated carbocycles. The number of nitrogens with zero attached hydrogens (tertiary/aromatic N) is 3. The molecule has 0 spiro atoms. The van der Waals surface area contributed by atoms with Gasteiger partial charge in [-0.25, -0.2) is 4.98 Å². The van der Waals surface area contributed by atoms with Crippen molar-refractivity contribution in [3.8, 4) is 0 Å². The summed E-state index contributed by atoms with van der Waals surface area (Å²) >= 11 is 0. The average Bonchev–Trinajstić information content (AvgIpc) is 2.83. The van der Waals surface area contributed by atoms with Gasteiger partial charge in [-0.3, -0.25) is 10.1 Å². The first kappa shape index (κ1) is 14.1. The zero-order valence-electron chi connectivity index (χ0n) is 11.0. The molecule has 2 rings (SSSR count). The normalized spacial score (nSPS) is 10.7. The van der Waals surface area contributed by atoms with Crippen molar-refractivity contribution in [3.63, 3.8) is 0 Å². The second-order valence-corrected chi connectivity index (χ2v) is 4.29. The van der Waals surface area contributed by atoms with Crippen LogP contribution in [0.4, 0.5) is 10.1 Å². The quantitative estimate of drug-likeness (QED) is 0.648. The Bertz CT molecular complexity index is 612. The van der Waals surface area contributed by atoms with Crippen molar-refractivity contribution < 1.29 is 9.31 Å². The zero-order valence-corrected chi connectivity index (χ0v) is 11.0. The minimum absolute atomic E-state index is 0.426. The van der Waals surface area contributed by atoms with Crippen molar-refractivity contribution in [2.75, 3.05) is 6.54 Å². The fourth-order valence-corrected chi connectivity index (χ4v) is 1.88. The second-order valence-electron chi connectivity index (χ2n) is 4.29. The summed E-state index contributed by atoms with van der Waals surface area (Å²) in [6.45, 7) is 3.88. The molecule has 0 fully saturated rings. The average molecular weight is 278 g/mol. The number of hydrogen-bond acceptors (Lipinski definition) is 4. The first-order chi connectivity index (χ1) is 9.61. The lowest BCUT2D eigenvalue weighted by Gasteiger charge is -2.08. The fourth-order valence-electron chi connectivity index (χ4n) is 1.88. The van der Waals surface area contributed by atoms with Crippen molar-refractivity contribution in [2.24, 2.45) is 0 Å². The fraction of sp³-hybridized carbons (Fsp3) is 0.308. The van der Waals surface area contributed by atoms with Gasteiger partial charge in [0.05, 0.1) is 11.5 Å². The van der Waals surface area contributed by atoms with E-state index in [9.17, 15) is 14.5 Å². The molecule has 1 heterocycles. The van der Waals surface area contributed by atoms with E-state index < -0.39 is 16.4 Å². The number of hydrogen-bond donors (Lipinski definition) is 1. The third kappa shape index (κ3) is 3.18. The number of aromatic nitrogens is 2. The summed E-state index contributed by atoms with van der Waals surface area (Å²) in [5.74, 6) is 0.0199. The maximum atomic E-state index is 13.6. The number of benzene rings is 1. The number of nitro groups is 1. The van der Waals surface area contributed by atoms with Crippen LogP contribution in [0.5, 0.6) is 0 Å². The highest BCUT2D eigenvalue weighted by molar-refractivity contribution is 5.35. The highest BCUT2D eigenvalue weighted by atomic mass is 19.1. The van der Waals surface area contributed by atoms with Crippen LogP contribution in [0.15, 0.2) is 30.6 Å². The second kappa shape index (κ2) is 6.25. The van der Waals surface area contributed by atoms with Gasteiger partial charge in [-0.05, 0) is 18.2 Å². The third-order valence-electron chi connectivity index (χ3n) is 2.90. The predicted octanol–water partition coefficient (Wildman–Crippen LogP) is 2.09. The summed E-state index contributed by atoms with van der Waals surface area (Å²) < 4.78 is 15.4. The number of nitro benzene ring substituents is 1. The van der Waals surface area contributed by atoms with Crippen LogP contribution in [0, 0.1) is 15.9 Å². The maximum absolute atomic E-state index is 13.6. The van der Waals surface area contributed by atoms with E-state index in [1.165, 1.54) is 12.1 Å². The zero-order chi connectivity index (χ0) is 14.5. The smallest absolute Gasteiger partial charge is 0.304 e. The Hall–Kier alpha value is -2.28. The minimum atomic E-state index is -0.819. The highest BCUT2D eigenvalue weighted by Gasteiger charge is 2.14. The van der Waals surface area contributed by atoms with Gasteiger partial charge in [-0.2, -0.15) is 4.39 Å². The molecular weight excluding hydrogens is 263 g/mol. The van der Waals surface area contributed by atoms with E-state index in [4.69, 9.17) is 0 Å². The topological polar surface area (TPSA) is 73.0 Å². The summed E-state index contributed by atoms with van der Waals surface area (Å²) in [5.41, 5.74) is 0.149. The van der Waals surface area contributed by atoms with Gasteiger partial charge >= 0.3 is 5.69 Å². The lowest BCUT2D eigenvalue weighted by Crippen LogP contribution is -2.16. The van der Waals surface area contributed by atoms with Crippen molar-refractivity contribution in [1.82, 2.24) is 14.9 Å². The SMILES string of the molecule is CCNCc1nccn1Cc1ccc([N+](=O)[O-])c(F)c1. The Morgan fingerprint density at radius 2 is 2.30 bits per heavy atom. The predicted molar refractivity (Wildman–Crippen MR) is 71.8 cm³/mol. The van der Waals surface area contributed by atoms with Crippen LogP contribution in [0.25, 0.3) is 0 Å². The lowest BCUT2D eigenvalue weighted by atomic mass is 10.2. The molecule has 1 aromatic carbocycles. The maximum Gasteiger partial charge on any atom is 0.304 e. The van der Waals surface area contributed by atoms with Crippen molar-refractivity contribution in [1.29, 1.82) is 0 Å². The molecule has 0 aliphatic rings. The number of halogens is 1. The van der Waals surface area contributed by atoms with Crippen LogP contribution < -0.4 is 5.32 Å². The van der Waals surface area contributed by atoms with Crippen LogP contribution in [0.2, 0.25) is 0 Å². The standard InChI is InChI=1S/C13H15FN4O2/c1-2-15-8-13-16-5-6-17(13)9-10-3-4-12(18(19)20)11(14)7-10/h3-7,15H,2,8-9H2,1H3. The molecule has 7 heteroatoms. The lowest BCUT2D eigenvalue weighted by molar-refractivity contribution is -0.387.